The zero-order valence-corrected chi connectivity index (χ0v) is 16.5. The minimum atomic E-state index is -2.37. The van der Waals surface area contributed by atoms with E-state index in [2.05, 4.69) is 9.56 Å². The van der Waals surface area contributed by atoms with Crippen molar-refractivity contribution in [2.45, 2.75) is 57.5 Å². The Kier molecular flexibility index (Phi) is 17.7. The second-order valence-corrected chi connectivity index (χ2v) is 6.37. The van der Waals surface area contributed by atoms with E-state index >= 15 is 0 Å². The summed E-state index contributed by atoms with van der Waals surface area (Å²) >= 11 is 0. The molecule has 8 nitrogen and oxygen atoms in total. The van der Waals surface area contributed by atoms with Gasteiger partial charge in [-0.25, -0.2) is 0 Å². The molecule has 0 saturated carbocycles. The van der Waals surface area contributed by atoms with Crippen molar-refractivity contribution in [3.63, 3.8) is 0 Å². The molecule has 0 aromatic carbocycles. The van der Waals surface area contributed by atoms with Crippen molar-refractivity contribution < 1.29 is 37.7 Å². The molecule has 0 saturated heterocycles. The van der Waals surface area contributed by atoms with Crippen molar-refractivity contribution in [2.24, 2.45) is 0 Å². The van der Waals surface area contributed by atoms with Crippen LogP contribution in [0.1, 0.15) is 51.4 Å². The Morgan fingerprint density at radius 2 is 1.56 bits per heavy atom. The van der Waals surface area contributed by atoms with E-state index in [-0.39, 0.29) is 19.2 Å². The third kappa shape index (κ3) is 16.6. The van der Waals surface area contributed by atoms with Crippen molar-refractivity contribution in [1.29, 1.82) is 0 Å². The van der Waals surface area contributed by atoms with Crippen LogP contribution < -0.4 is 0 Å². The first-order chi connectivity index (χ1) is 12.1. The highest BCUT2D eigenvalue weighted by atomic mass is 31.1. The molecule has 0 radical (unpaired) electrons. The quantitative estimate of drug-likeness (QED) is 0.117. The fourth-order valence-corrected chi connectivity index (χ4v) is 2.52. The first-order valence-electron chi connectivity index (χ1n) is 8.62. The molecule has 9 heteroatoms. The van der Waals surface area contributed by atoms with Crippen LogP contribution in [0.25, 0.3) is 0 Å². The average Bonchev–Trinajstić information content (AvgIpc) is 2.60. The summed E-state index contributed by atoms with van der Waals surface area (Å²) in [5.74, 6) is -0.264. The molecule has 0 aliphatic carbocycles. The van der Waals surface area contributed by atoms with Gasteiger partial charge in [0.25, 0.3) is 0 Å². The lowest BCUT2D eigenvalue weighted by molar-refractivity contribution is -0.182. The smallest absolute Gasteiger partial charge is 0.463 e. The highest BCUT2D eigenvalue weighted by Crippen LogP contribution is 2.23. The Balaban J connectivity index is 3.56. The van der Waals surface area contributed by atoms with Gasteiger partial charge in [-0.1, -0.05) is 32.1 Å². The summed E-state index contributed by atoms with van der Waals surface area (Å²) in [7, 11) is 2.04. The maximum absolute atomic E-state index is 11.7. The van der Waals surface area contributed by atoms with Crippen LogP contribution in [0.3, 0.4) is 0 Å². The first kappa shape index (κ1) is 24.4. The molecule has 0 aliphatic rings. The topological polar surface area (TPSA) is 89.5 Å². The monoisotopic (exact) mass is 383 g/mol. The van der Waals surface area contributed by atoms with Crippen molar-refractivity contribution in [3.8, 4) is 0 Å². The lowest BCUT2D eigenvalue weighted by Crippen LogP contribution is -2.25. The van der Waals surface area contributed by atoms with Gasteiger partial charge in [0.05, 0.1) is 11.8 Å². The molecule has 0 heterocycles. The summed E-state index contributed by atoms with van der Waals surface area (Å²) in [4.78, 5) is 15.9. The van der Waals surface area contributed by atoms with Crippen LogP contribution in [0.5, 0.6) is 0 Å². The second-order valence-electron chi connectivity index (χ2n) is 5.52. The van der Waals surface area contributed by atoms with E-state index in [1.807, 2.05) is 0 Å². The van der Waals surface area contributed by atoms with Gasteiger partial charge in [-0.15, -0.1) is 4.52 Å². The van der Waals surface area contributed by atoms with E-state index in [1.54, 1.807) is 7.11 Å². The third-order valence-corrected chi connectivity index (χ3v) is 4.12. The molecule has 25 heavy (non-hydrogen) atoms. The van der Waals surface area contributed by atoms with Crippen molar-refractivity contribution in [3.05, 3.63) is 0 Å². The van der Waals surface area contributed by atoms with Crippen LogP contribution >= 0.6 is 8.25 Å². The van der Waals surface area contributed by atoms with Crippen LogP contribution in [-0.2, 0) is 37.7 Å². The van der Waals surface area contributed by atoms with Gasteiger partial charge in [-0.3, -0.25) is 4.79 Å². The highest BCUT2D eigenvalue weighted by Gasteiger charge is 2.25. The van der Waals surface area contributed by atoms with Crippen LogP contribution in [0, 0.1) is 0 Å². The minimum Gasteiger partial charge on any atom is -0.463 e. The number of unbranched alkanes of at least 4 members (excludes halogenated alkanes) is 6. The van der Waals surface area contributed by atoms with Crippen molar-refractivity contribution >= 4 is 14.2 Å². The number of carbonyl (C=O) groups excluding carboxylic acids is 1. The number of hydrogen-bond donors (Lipinski definition) is 0. The average molecular weight is 383 g/mol. The van der Waals surface area contributed by atoms with Gasteiger partial charge in [0.1, 0.15) is 19.3 Å². The largest absolute Gasteiger partial charge is 0.728 e. The standard InChI is InChI=1S/C16H32O8P/c1-19-12-10-8-6-4-5-7-9-11-16(17)22-13-15(20-2)14-23-25(18)24-21-3/h15H,4-14H2,1-3H3/q+1. The second kappa shape index (κ2) is 18.2. The molecule has 0 aromatic heterocycles. The maximum Gasteiger partial charge on any atom is 0.728 e. The zero-order valence-electron chi connectivity index (χ0n) is 15.6. The van der Waals surface area contributed by atoms with Gasteiger partial charge in [0.2, 0.25) is 0 Å². The molecule has 0 N–H and O–H groups in total. The molecular formula is C16H32O8P+. The normalized spacial score (nSPS) is 12.8. The Morgan fingerprint density at radius 3 is 2.16 bits per heavy atom. The number of methoxy groups -OCH3 is 2. The Bertz CT molecular complexity index is 340. The van der Waals surface area contributed by atoms with Crippen LogP contribution in [0.15, 0.2) is 0 Å². The lowest BCUT2D eigenvalue weighted by Gasteiger charge is -2.12. The molecule has 0 rings (SSSR count). The number of ether oxygens (including phenoxy) is 3. The molecule has 0 bridgehead atoms. The zero-order chi connectivity index (χ0) is 18.8. The lowest BCUT2D eigenvalue weighted by atomic mass is 10.1. The molecule has 0 fully saturated rings. The predicted octanol–water partition coefficient (Wildman–Crippen LogP) is 3.56. The SMILES string of the molecule is COCCCCCCCCCC(=O)OCC(CO[P+](=O)OOC)OC. The molecule has 148 valence electrons. The van der Waals surface area contributed by atoms with Crippen LogP contribution in [0.4, 0.5) is 0 Å². The fraction of sp³-hybridized carbons (Fsp3) is 0.938. The molecule has 2 unspecified atom stereocenters. The number of esters is 1. The van der Waals surface area contributed by atoms with Gasteiger partial charge in [0.15, 0.2) is 0 Å². The maximum atomic E-state index is 11.7. The van der Waals surface area contributed by atoms with Crippen LogP contribution in [-0.4, -0.2) is 53.2 Å². The van der Waals surface area contributed by atoms with E-state index in [9.17, 15) is 9.36 Å². The summed E-state index contributed by atoms with van der Waals surface area (Å²) in [6.45, 7) is 0.853. The van der Waals surface area contributed by atoms with E-state index in [4.69, 9.17) is 18.7 Å². The molecule has 0 amide bonds. The highest BCUT2D eigenvalue weighted by molar-refractivity contribution is 7.33. The molecular weight excluding hydrogens is 351 g/mol. The minimum absolute atomic E-state index is 0.0224. The molecule has 0 aromatic rings. The summed E-state index contributed by atoms with van der Waals surface area (Å²) < 4.78 is 35.5. The van der Waals surface area contributed by atoms with Gasteiger partial charge in [0, 0.05) is 31.8 Å². The summed E-state index contributed by atoms with van der Waals surface area (Å²) in [6.07, 6.45) is 7.54. The van der Waals surface area contributed by atoms with Crippen molar-refractivity contribution in [1.82, 2.24) is 0 Å². The molecule has 0 spiro atoms. The van der Waals surface area contributed by atoms with E-state index < -0.39 is 14.4 Å². The number of carbonyl (C=O) groups is 1. The van der Waals surface area contributed by atoms with E-state index in [0.717, 1.165) is 32.3 Å². The summed E-state index contributed by atoms with van der Waals surface area (Å²) in [5.41, 5.74) is 0. The molecule has 2 atom stereocenters. The van der Waals surface area contributed by atoms with Gasteiger partial charge in [-0.2, -0.15) is 4.89 Å². The predicted molar refractivity (Wildman–Crippen MR) is 92.2 cm³/mol. The van der Waals surface area contributed by atoms with Crippen LogP contribution in [0.2, 0.25) is 0 Å². The van der Waals surface area contributed by atoms with Crippen molar-refractivity contribution in [2.75, 3.05) is 41.2 Å². The first-order valence-corrected chi connectivity index (χ1v) is 9.71. The molecule has 0 aliphatic heterocycles. The number of hydrogen-bond acceptors (Lipinski definition) is 8. The summed E-state index contributed by atoms with van der Waals surface area (Å²) in [5, 5.41) is 0. The van der Waals surface area contributed by atoms with E-state index in [0.29, 0.717) is 6.42 Å². The fourth-order valence-electron chi connectivity index (χ4n) is 2.07. The Morgan fingerprint density at radius 1 is 0.920 bits per heavy atom. The van der Waals surface area contributed by atoms with Gasteiger partial charge in [-0.05, 0) is 12.8 Å². The Labute approximate surface area is 151 Å². The van der Waals surface area contributed by atoms with Gasteiger partial charge < -0.3 is 14.2 Å². The van der Waals surface area contributed by atoms with Gasteiger partial charge >= 0.3 is 14.2 Å². The summed E-state index contributed by atoms with van der Waals surface area (Å²) in [6, 6.07) is 0. The Hall–Kier alpha value is -0.630. The number of rotatable bonds is 18. The third-order valence-electron chi connectivity index (χ3n) is 3.49. The van der Waals surface area contributed by atoms with E-state index in [1.165, 1.54) is 33.5 Å².